The third-order valence-corrected chi connectivity index (χ3v) is 13.9. The number of aryl methyl sites for hydroxylation is 1. The Morgan fingerprint density at radius 2 is 1.65 bits per heavy atom. The van der Waals surface area contributed by atoms with Crippen LogP contribution in [0.2, 0.25) is 5.02 Å². The van der Waals surface area contributed by atoms with Gasteiger partial charge in [0.1, 0.15) is 17.4 Å². The maximum atomic E-state index is 13.8. The second-order valence-electron chi connectivity index (χ2n) is 17.9. The molecule has 4 N–H and O–H groups in total. The minimum Gasteiger partial charge on any atom is -0.496 e. The molecule has 5 aromatic rings. The summed E-state index contributed by atoms with van der Waals surface area (Å²) in [4.78, 5) is 69.1. The van der Waals surface area contributed by atoms with Crippen molar-refractivity contribution in [3.05, 3.63) is 115 Å². The van der Waals surface area contributed by atoms with Crippen molar-refractivity contribution in [3.8, 4) is 11.4 Å². The molecule has 0 unspecified atom stereocenters. The molecule has 66 heavy (non-hydrogen) atoms. The summed E-state index contributed by atoms with van der Waals surface area (Å²) in [6.45, 7) is 8.76. The average Bonchev–Trinajstić information content (AvgIpc) is 3.30. The Hall–Kier alpha value is -5.94. The number of H-pyrrole nitrogens is 1. The van der Waals surface area contributed by atoms with Gasteiger partial charge in [0.2, 0.25) is 5.91 Å². The Kier molecular flexibility index (Phi) is 13.8. The predicted octanol–water partition coefficient (Wildman–Crippen LogP) is 7.57. The number of methoxy groups -OCH3 is 1. The quantitative estimate of drug-likeness (QED) is 0.112. The molecule has 0 spiro atoms. The van der Waals surface area contributed by atoms with Crippen LogP contribution in [0.5, 0.6) is 5.75 Å². The first kappa shape index (κ1) is 46.6. The lowest BCUT2D eigenvalue weighted by Crippen LogP contribution is -2.51. The smallest absolute Gasteiger partial charge is 0.416 e. The van der Waals surface area contributed by atoms with E-state index in [4.69, 9.17) is 22.1 Å². The van der Waals surface area contributed by atoms with Gasteiger partial charge in [-0.3, -0.25) is 28.8 Å². The largest absolute Gasteiger partial charge is 0.496 e. The number of hydrogen-bond donors (Lipinski definition) is 3. The Morgan fingerprint density at radius 3 is 2.33 bits per heavy atom. The van der Waals surface area contributed by atoms with Crippen LogP contribution >= 0.6 is 11.6 Å². The van der Waals surface area contributed by atoms with Crippen LogP contribution in [0.1, 0.15) is 96.7 Å². The maximum absolute atomic E-state index is 13.8. The lowest BCUT2D eigenvalue weighted by molar-refractivity contribution is -0.138. The van der Waals surface area contributed by atoms with Crippen LogP contribution in [0.4, 0.5) is 24.7 Å². The highest BCUT2D eigenvalue weighted by Gasteiger charge is 2.34. The summed E-state index contributed by atoms with van der Waals surface area (Å²) in [6, 6.07) is 13.0. The van der Waals surface area contributed by atoms with Crippen LogP contribution in [-0.4, -0.2) is 99.0 Å². The first-order valence-corrected chi connectivity index (χ1v) is 22.9. The summed E-state index contributed by atoms with van der Waals surface area (Å²) in [5.74, 6) is 2.36. The number of carbonyl (C=O) groups is 2. The SMILES string of the molecule is COc1cc2nc(C)nc(N[C@H](C)c3cc(N)cc(C(F)(F)F)c3)c2cc1C1CCC(C(=O)N2CCN(CCC3CCN(C(=O)c4ccc(Cl)c(-n5ccc(=O)[nH]c5=O)c4)CC3)CC2)CC1. The van der Waals surface area contributed by atoms with Crippen molar-refractivity contribution in [2.45, 2.75) is 76.9 Å². The van der Waals surface area contributed by atoms with E-state index in [1.807, 2.05) is 21.9 Å². The zero-order chi connectivity index (χ0) is 46.9. The van der Waals surface area contributed by atoms with Crippen molar-refractivity contribution in [1.29, 1.82) is 0 Å². The number of likely N-dealkylation sites (tertiary alicyclic amines) is 1. The number of fused-ring (bicyclic) bond motifs is 1. The van der Waals surface area contributed by atoms with Gasteiger partial charge < -0.3 is 25.6 Å². The molecule has 2 saturated heterocycles. The van der Waals surface area contributed by atoms with Crippen LogP contribution in [0.3, 0.4) is 0 Å². The molecule has 2 amide bonds. The molecular formula is C48H55ClF3N9O5. The minimum absolute atomic E-state index is 0.0261. The Labute approximate surface area is 385 Å². The monoisotopic (exact) mass is 929 g/mol. The fraction of sp³-hybridized carbons (Fsp3) is 0.458. The number of rotatable bonds is 11. The number of ether oxygens (including phenoxy) is 1. The second-order valence-corrected chi connectivity index (χ2v) is 18.3. The average molecular weight is 930 g/mol. The number of piperidine rings is 1. The number of piperazine rings is 1. The standard InChI is InChI=1S/C48H55ClF3N9O5/c1-28(34-22-35(48(50,51)52)25-36(53)23-34)54-44-38-26-37(42(66-3)27-40(38)55-29(2)56-44)31-4-6-32(7-5-31)45(63)60-20-18-58(19-21-60)14-10-30-11-15-59(16-12-30)46(64)33-8-9-39(49)41(24-33)61-17-13-43(62)57-47(61)65/h8-9,13,17,22-28,30-32H,4-7,10-12,14-16,18-21,53H2,1-3H3,(H,54,55,56)(H,57,62,65)/t28-,31?,32?/m1/s1. The molecule has 1 atom stereocenters. The lowest BCUT2D eigenvalue weighted by atomic mass is 9.77. The van der Waals surface area contributed by atoms with E-state index in [1.54, 1.807) is 39.2 Å². The van der Waals surface area contributed by atoms with E-state index in [0.717, 1.165) is 87.7 Å². The number of nitrogens with two attached hydrogens (primary N) is 1. The zero-order valence-electron chi connectivity index (χ0n) is 37.3. The fourth-order valence-corrected chi connectivity index (χ4v) is 9.99. The number of nitrogens with zero attached hydrogens (tertiary/aromatic N) is 6. The van der Waals surface area contributed by atoms with Gasteiger partial charge in [-0.2, -0.15) is 13.2 Å². The van der Waals surface area contributed by atoms with Crippen LogP contribution in [-0.2, 0) is 11.0 Å². The molecule has 1 aliphatic carbocycles. The summed E-state index contributed by atoms with van der Waals surface area (Å²) in [6.07, 6.45) is 2.72. The molecule has 3 aromatic carbocycles. The molecule has 1 saturated carbocycles. The third kappa shape index (κ3) is 10.4. The minimum atomic E-state index is -4.53. The molecular weight excluding hydrogens is 875 g/mol. The van der Waals surface area contributed by atoms with Crippen LogP contribution in [0, 0.1) is 18.8 Å². The van der Waals surface area contributed by atoms with Crippen molar-refractivity contribution < 1.29 is 27.5 Å². The van der Waals surface area contributed by atoms with E-state index in [1.165, 1.54) is 22.9 Å². The van der Waals surface area contributed by atoms with Crippen molar-refractivity contribution in [1.82, 2.24) is 34.2 Å². The van der Waals surface area contributed by atoms with E-state index >= 15 is 0 Å². The van der Waals surface area contributed by atoms with E-state index in [-0.39, 0.29) is 34.4 Å². The number of nitrogens with one attached hydrogen (secondary N) is 2. The van der Waals surface area contributed by atoms with Gasteiger partial charge in [-0.1, -0.05) is 11.6 Å². The van der Waals surface area contributed by atoms with Gasteiger partial charge in [0.25, 0.3) is 11.5 Å². The summed E-state index contributed by atoms with van der Waals surface area (Å²) < 4.78 is 47.9. The van der Waals surface area contributed by atoms with Gasteiger partial charge in [-0.15, -0.1) is 0 Å². The number of aromatic nitrogens is 4. The molecule has 0 radical (unpaired) electrons. The third-order valence-electron chi connectivity index (χ3n) is 13.5. The number of halogens is 4. The van der Waals surface area contributed by atoms with Gasteiger partial charge in [0, 0.05) is 80.2 Å². The van der Waals surface area contributed by atoms with Gasteiger partial charge in [0.05, 0.1) is 34.9 Å². The van der Waals surface area contributed by atoms with Gasteiger partial charge in [-0.25, -0.2) is 14.8 Å². The molecule has 8 rings (SSSR count). The predicted molar refractivity (Wildman–Crippen MR) is 247 cm³/mol. The molecule has 18 heteroatoms. The highest BCUT2D eigenvalue weighted by molar-refractivity contribution is 6.32. The van der Waals surface area contributed by atoms with E-state index in [2.05, 4.69) is 25.2 Å². The molecule has 0 bridgehead atoms. The first-order valence-electron chi connectivity index (χ1n) is 22.6. The highest BCUT2D eigenvalue weighted by atomic mass is 35.5. The highest BCUT2D eigenvalue weighted by Crippen LogP contribution is 2.43. The van der Waals surface area contributed by atoms with E-state index < -0.39 is 29.0 Å². The maximum Gasteiger partial charge on any atom is 0.416 e. The van der Waals surface area contributed by atoms with Crippen molar-refractivity contribution in [2.75, 3.05) is 64.0 Å². The van der Waals surface area contributed by atoms with Crippen molar-refractivity contribution >= 4 is 45.8 Å². The molecule has 350 valence electrons. The Bertz CT molecular complexity index is 2720. The van der Waals surface area contributed by atoms with Crippen molar-refractivity contribution in [2.24, 2.45) is 11.8 Å². The van der Waals surface area contributed by atoms with Gasteiger partial charge in [0.15, 0.2) is 0 Å². The number of amides is 2. The topological polar surface area (TPSA) is 172 Å². The fourth-order valence-electron chi connectivity index (χ4n) is 9.78. The number of nitrogen functional groups attached to an aromatic ring is 1. The summed E-state index contributed by atoms with van der Waals surface area (Å²) >= 11 is 6.37. The lowest BCUT2D eigenvalue weighted by Gasteiger charge is -2.39. The van der Waals surface area contributed by atoms with Crippen LogP contribution < -0.4 is 27.0 Å². The number of benzene rings is 3. The van der Waals surface area contributed by atoms with Crippen LogP contribution in [0.15, 0.2) is 70.4 Å². The molecule has 14 nitrogen and oxygen atoms in total. The van der Waals surface area contributed by atoms with E-state index in [0.29, 0.717) is 71.8 Å². The first-order chi connectivity index (χ1) is 31.5. The summed E-state index contributed by atoms with van der Waals surface area (Å²) in [5.41, 5.74) is 6.71. The van der Waals surface area contributed by atoms with Gasteiger partial charge >= 0.3 is 11.9 Å². The molecule has 2 aliphatic heterocycles. The number of carbonyl (C=O) groups excluding carboxylic acids is 2. The number of aromatic amines is 1. The number of hydrogen-bond acceptors (Lipinski definition) is 10. The summed E-state index contributed by atoms with van der Waals surface area (Å²) in [7, 11) is 1.63. The zero-order valence-corrected chi connectivity index (χ0v) is 38.1. The Balaban J connectivity index is 0.812. The number of anilines is 2. The second kappa shape index (κ2) is 19.5. The molecule has 2 aromatic heterocycles. The van der Waals surface area contributed by atoms with Gasteiger partial charge in [-0.05, 0) is 131 Å². The molecule has 4 heterocycles. The van der Waals surface area contributed by atoms with Crippen LogP contribution in [0.25, 0.3) is 16.6 Å². The Morgan fingerprint density at radius 1 is 0.924 bits per heavy atom. The van der Waals surface area contributed by atoms with Crippen molar-refractivity contribution in [3.63, 3.8) is 0 Å². The molecule has 3 aliphatic rings. The normalized spacial score (nSPS) is 19.2. The number of alkyl halides is 3. The molecule has 3 fully saturated rings. The van der Waals surface area contributed by atoms with E-state index in [9.17, 15) is 32.3 Å². The summed E-state index contributed by atoms with van der Waals surface area (Å²) in [5, 5.41) is 4.34.